The number of nitrogens with one attached hydrogen (secondary N) is 1. The van der Waals surface area contributed by atoms with Crippen LogP contribution in [0.25, 0.3) is 11.0 Å². The largest absolute Gasteiger partial charge is 0.451 e. The Bertz CT molecular complexity index is 1110. The highest BCUT2D eigenvalue weighted by atomic mass is 16.5. The molecular formula is C22H21N3O4. The molecule has 0 radical (unpaired) electrons. The molecule has 0 bridgehead atoms. The number of Topliss-reactive ketones (excluding diaryl/α,β-unsaturated/α-hetero) is 1. The maximum Gasteiger partial charge on any atom is 0.338 e. The summed E-state index contributed by atoms with van der Waals surface area (Å²) in [5.74, 6) is -1.14. The van der Waals surface area contributed by atoms with E-state index < -0.39 is 12.1 Å². The molecule has 7 heteroatoms. The summed E-state index contributed by atoms with van der Waals surface area (Å²) in [7, 11) is 0. The zero-order valence-electron chi connectivity index (χ0n) is 16.6. The summed E-state index contributed by atoms with van der Waals surface area (Å²) in [4.78, 5) is 45.0. The van der Waals surface area contributed by atoms with E-state index in [0.717, 1.165) is 11.4 Å². The van der Waals surface area contributed by atoms with Gasteiger partial charge in [0.1, 0.15) is 0 Å². The topological polar surface area (TPSA) is 98.2 Å². The van der Waals surface area contributed by atoms with Crippen molar-refractivity contribution >= 4 is 34.4 Å². The first-order chi connectivity index (χ1) is 13.7. The molecule has 0 aliphatic carbocycles. The maximum atomic E-state index is 12.6. The number of hydrogen-bond acceptors (Lipinski definition) is 6. The number of benzene rings is 2. The maximum absolute atomic E-state index is 12.6. The number of aryl methyl sites for hydroxylation is 2. The highest BCUT2D eigenvalue weighted by Crippen LogP contribution is 2.17. The van der Waals surface area contributed by atoms with Crippen LogP contribution in [0.15, 0.2) is 42.5 Å². The number of anilines is 1. The fourth-order valence-corrected chi connectivity index (χ4v) is 2.80. The number of amides is 1. The number of carbonyl (C=O) groups is 3. The Morgan fingerprint density at radius 1 is 0.897 bits per heavy atom. The Hall–Kier alpha value is -3.61. The number of nitrogens with zero attached hydrogens (tertiary/aromatic N) is 2. The van der Waals surface area contributed by atoms with E-state index in [2.05, 4.69) is 15.3 Å². The minimum atomic E-state index is -0.962. The SMILES string of the molecule is CC(=O)Nc1ccc(C(=O)C(C)OC(=O)c2ccc3nc(C)c(C)nc3c2)cc1. The van der Waals surface area contributed by atoms with Crippen LogP contribution < -0.4 is 5.32 Å². The number of rotatable bonds is 5. The van der Waals surface area contributed by atoms with E-state index >= 15 is 0 Å². The highest BCUT2D eigenvalue weighted by molar-refractivity contribution is 6.02. The van der Waals surface area contributed by atoms with Crippen molar-refractivity contribution in [3.63, 3.8) is 0 Å². The molecule has 0 aliphatic heterocycles. The van der Waals surface area contributed by atoms with Gasteiger partial charge in [-0.2, -0.15) is 0 Å². The van der Waals surface area contributed by atoms with Crippen LogP contribution in [0.2, 0.25) is 0 Å². The molecule has 148 valence electrons. The molecule has 1 atom stereocenters. The number of esters is 1. The third kappa shape index (κ3) is 4.63. The molecule has 1 aromatic heterocycles. The van der Waals surface area contributed by atoms with Crippen molar-refractivity contribution in [2.75, 3.05) is 5.32 Å². The minimum Gasteiger partial charge on any atom is -0.451 e. The first-order valence-corrected chi connectivity index (χ1v) is 9.12. The molecule has 1 amide bonds. The van der Waals surface area contributed by atoms with Crippen molar-refractivity contribution in [1.29, 1.82) is 0 Å². The first kappa shape index (κ1) is 20.1. The summed E-state index contributed by atoms with van der Waals surface area (Å²) in [6, 6.07) is 11.3. The quantitative estimate of drug-likeness (QED) is 0.527. The highest BCUT2D eigenvalue weighted by Gasteiger charge is 2.21. The van der Waals surface area contributed by atoms with E-state index in [-0.39, 0.29) is 11.7 Å². The Balaban J connectivity index is 1.72. The number of hydrogen-bond donors (Lipinski definition) is 1. The molecule has 3 rings (SSSR count). The van der Waals surface area contributed by atoms with Gasteiger partial charge in [-0.1, -0.05) is 0 Å². The van der Waals surface area contributed by atoms with E-state index in [0.29, 0.717) is 27.8 Å². The third-order valence-electron chi connectivity index (χ3n) is 4.45. The molecule has 3 aromatic rings. The van der Waals surface area contributed by atoms with Crippen LogP contribution in [-0.4, -0.2) is 33.7 Å². The average Bonchev–Trinajstić information content (AvgIpc) is 2.68. The van der Waals surface area contributed by atoms with E-state index in [1.165, 1.54) is 13.8 Å². The number of aromatic nitrogens is 2. The number of carbonyl (C=O) groups excluding carboxylic acids is 3. The third-order valence-corrected chi connectivity index (χ3v) is 4.45. The van der Waals surface area contributed by atoms with Crippen molar-refractivity contribution in [2.24, 2.45) is 0 Å². The lowest BCUT2D eigenvalue weighted by Gasteiger charge is -2.13. The summed E-state index contributed by atoms with van der Waals surface area (Å²) >= 11 is 0. The zero-order valence-corrected chi connectivity index (χ0v) is 16.6. The molecule has 7 nitrogen and oxygen atoms in total. The Morgan fingerprint density at radius 3 is 2.10 bits per heavy atom. The average molecular weight is 391 g/mol. The molecule has 0 saturated heterocycles. The second-order valence-corrected chi connectivity index (χ2v) is 6.77. The molecule has 0 fully saturated rings. The van der Waals surface area contributed by atoms with Crippen molar-refractivity contribution in [3.8, 4) is 0 Å². The van der Waals surface area contributed by atoms with Gasteiger partial charge in [-0.15, -0.1) is 0 Å². The Kier molecular flexibility index (Phi) is 5.68. The van der Waals surface area contributed by atoms with E-state index in [1.807, 2.05) is 13.8 Å². The van der Waals surface area contributed by atoms with Crippen molar-refractivity contribution in [2.45, 2.75) is 33.8 Å². The van der Waals surface area contributed by atoms with Gasteiger partial charge in [0, 0.05) is 18.2 Å². The second-order valence-electron chi connectivity index (χ2n) is 6.77. The summed E-state index contributed by atoms with van der Waals surface area (Å²) in [6.45, 7) is 6.66. The lowest BCUT2D eigenvalue weighted by Crippen LogP contribution is -2.24. The summed E-state index contributed by atoms with van der Waals surface area (Å²) in [5.41, 5.74) is 4.17. The first-order valence-electron chi connectivity index (χ1n) is 9.12. The molecule has 1 unspecified atom stereocenters. The van der Waals surface area contributed by atoms with Gasteiger partial charge in [0.05, 0.1) is 28.0 Å². The van der Waals surface area contributed by atoms with Crippen LogP contribution >= 0.6 is 0 Å². The number of fused-ring (bicyclic) bond motifs is 1. The predicted molar refractivity (Wildman–Crippen MR) is 109 cm³/mol. The molecule has 1 N–H and O–H groups in total. The van der Waals surface area contributed by atoms with Crippen LogP contribution in [0.5, 0.6) is 0 Å². The molecule has 2 aromatic carbocycles. The van der Waals surface area contributed by atoms with E-state index in [1.54, 1.807) is 42.5 Å². The summed E-state index contributed by atoms with van der Waals surface area (Å²) in [6.07, 6.45) is -0.962. The van der Waals surface area contributed by atoms with Crippen molar-refractivity contribution in [1.82, 2.24) is 9.97 Å². The van der Waals surface area contributed by atoms with E-state index in [4.69, 9.17) is 4.74 Å². The lowest BCUT2D eigenvalue weighted by molar-refractivity contribution is -0.114. The summed E-state index contributed by atoms with van der Waals surface area (Å²) in [5, 5.41) is 2.63. The van der Waals surface area contributed by atoms with Gasteiger partial charge in [-0.25, -0.2) is 14.8 Å². The van der Waals surface area contributed by atoms with Gasteiger partial charge in [0.15, 0.2) is 6.10 Å². The van der Waals surface area contributed by atoms with Gasteiger partial charge in [0.25, 0.3) is 0 Å². The predicted octanol–water partition coefficient (Wildman–Crippen LogP) is 3.63. The standard InChI is InChI=1S/C22H21N3O4/c1-12-13(2)24-20-11-17(7-10-19(20)23-12)22(28)29-14(3)21(27)16-5-8-18(9-6-16)25-15(4)26/h5-11,14H,1-4H3,(H,25,26). The Morgan fingerprint density at radius 2 is 1.48 bits per heavy atom. The van der Waals surface area contributed by atoms with Crippen LogP contribution in [-0.2, 0) is 9.53 Å². The molecule has 0 aliphatic rings. The fourth-order valence-electron chi connectivity index (χ4n) is 2.80. The zero-order chi connectivity index (χ0) is 21.1. The smallest absolute Gasteiger partial charge is 0.338 e. The lowest BCUT2D eigenvalue weighted by atomic mass is 10.1. The van der Waals surface area contributed by atoms with Gasteiger partial charge >= 0.3 is 5.97 Å². The molecule has 0 spiro atoms. The molecule has 29 heavy (non-hydrogen) atoms. The number of ketones is 1. The monoisotopic (exact) mass is 391 g/mol. The van der Waals surface area contributed by atoms with Crippen molar-refractivity contribution in [3.05, 3.63) is 65.0 Å². The second kappa shape index (κ2) is 8.18. The van der Waals surface area contributed by atoms with Crippen LogP contribution in [0, 0.1) is 13.8 Å². The van der Waals surface area contributed by atoms with Gasteiger partial charge in [-0.05, 0) is 63.2 Å². The van der Waals surface area contributed by atoms with E-state index in [9.17, 15) is 14.4 Å². The molecule has 1 heterocycles. The molecule has 0 saturated carbocycles. The summed E-state index contributed by atoms with van der Waals surface area (Å²) < 4.78 is 5.34. The van der Waals surface area contributed by atoms with Crippen LogP contribution in [0.1, 0.15) is 46.0 Å². The van der Waals surface area contributed by atoms with Crippen LogP contribution in [0.4, 0.5) is 5.69 Å². The number of ether oxygens (including phenoxy) is 1. The van der Waals surface area contributed by atoms with Gasteiger partial charge < -0.3 is 10.1 Å². The van der Waals surface area contributed by atoms with Gasteiger partial charge in [0.2, 0.25) is 11.7 Å². The normalized spacial score (nSPS) is 11.7. The van der Waals surface area contributed by atoms with Crippen LogP contribution in [0.3, 0.4) is 0 Å². The van der Waals surface area contributed by atoms with Crippen molar-refractivity contribution < 1.29 is 19.1 Å². The Labute approximate surface area is 168 Å². The fraction of sp³-hybridized carbons (Fsp3) is 0.227. The van der Waals surface area contributed by atoms with Gasteiger partial charge in [-0.3, -0.25) is 9.59 Å². The minimum absolute atomic E-state index is 0.197. The molecular weight excluding hydrogens is 370 g/mol.